The van der Waals surface area contributed by atoms with Crippen molar-refractivity contribution < 1.29 is 22.7 Å². The fraction of sp³-hybridized carbons (Fsp3) is 0.0435. The number of nitrogen functional groups attached to an aromatic ring is 1. The first-order chi connectivity index (χ1) is 15.3. The van der Waals surface area contributed by atoms with Crippen molar-refractivity contribution in [1.29, 1.82) is 0 Å². The van der Waals surface area contributed by atoms with E-state index >= 15 is 0 Å². The Kier molecular flexibility index (Phi) is 5.43. The van der Waals surface area contributed by atoms with Crippen LogP contribution in [0.25, 0.3) is 10.9 Å². The van der Waals surface area contributed by atoms with Gasteiger partial charge in [-0.05, 0) is 48.5 Å². The monoisotopic (exact) mass is 436 g/mol. The van der Waals surface area contributed by atoms with Gasteiger partial charge in [-0.25, -0.2) is 0 Å². The number of carbonyl (C=O) groups is 1. The van der Waals surface area contributed by atoms with E-state index < -0.39 is 18.0 Å². The van der Waals surface area contributed by atoms with E-state index in [2.05, 4.69) is 32.1 Å². The van der Waals surface area contributed by atoms with Crippen LogP contribution in [0, 0.1) is 11.8 Å². The number of nitrogens with one attached hydrogen (secondary N) is 2. The van der Waals surface area contributed by atoms with Gasteiger partial charge >= 0.3 is 6.36 Å². The second-order valence-corrected chi connectivity index (χ2v) is 6.70. The summed E-state index contributed by atoms with van der Waals surface area (Å²) in [5.41, 5.74) is 8.44. The van der Waals surface area contributed by atoms with Crippen LogP contribution >= 0.6 is 0 Å². The van der Waals surface area contributed by atoms with Crippen LogP contribution in [-0.2, 0) is 0 Å². The van der Waals surface area contributed by atoms with Crippen molar-refractivity contribution in [1.82, 2.24) is 10.2 Å². The number of H-pyrrole nitrogens is 1. The Labute approximate surface area is 180 Å². The predicted molar refractivity (Wildman–Crippen MR) is 114 cm³/mol. The largest absolute Gasteiger partial charge is 0.573 e. The highest BCUT2D eigenvalue weighted by molar-refractivity contribution is 6.04. The number of halogens is 3. The Morgan fingerprint density at radius 1 is 1.03 bits per heavy atom. The zero-order valence-electron chi connectivity index (χ0n) is 16.3. The second-order valence-electron chi connectivity index (χ2n) is 6.70. The molecule has 4 rings (SSSR count). The molecule has 0 aliphatic rings. The number of hydrogen-bond donors (Lipinski definition) is 3. The molecule has 3 aromatic carbocycles. The minimum absolute atomic E-state index is 0.0188. The highest BCUT2D eigenvalue weighted by Crippen LogP contribution is 2.24. The van der Waals surface area contributed by atoms with Gasteiger partial charge in [0.15, 0.2) is 5.82 Å². The number of nitrogens with two attached hydrogens (primary N) is 1. The number of anilines is 2. The molecule has 0 unspecified atom stereocenters. The van der Waals surface area contributed by atoms with Crippen LogP contribution in [-0.4, -0.2) is 22.5 Å². The third-order valence-corrected chi connectivity index (χ3v) is 4.41. The first-order valence-electron chi connectivity index (χ1n) is 9.30. The van der Waals surface area contributed by atoms with Crippen molar-refractivity contribution in [2.75, 3.05) is 11.1 Å². The van der Waals surface area contributed by atoms with E-state index in [1.54, 1.807) is 24.3 Å². The van der Waals surface area contributed by atoms with Gasteiger partial charge in [0.25, 0.3) is 5.91 Å². The van der Waals surface area contributed by atoms with E-state index in [1.807, 2.05) is 18.2 Å². The van der Waals surface area contributed by atoms with E-state index in [0.29, 0.717) is 22.6 Å². The third kappa shape index (κ3) is 4.82. The number of aromatic nitrogens is 2. The summed E-state index contributed by atoms with van der Waals surface area (Å²) in [7, 11) is 0. The highest BCUT2D eigenvalue weighted by Gasteiger charge is 2.31. The lowest BCUT2D eigenvalue weighted by molar-refractivity contribution is -0.274. The predicted octanol–water partition coefficient (Wildman–Crippen LogP) is 4.70. The van der Waals surface area contributed by atoms with Gasteiger partial charge in [0.1, 0.15) is 5.75 Å². The zero-order chi connectivity index (χ0) is 22.7. The van der Waals surface area contributed by atoms with Gasteiger partial charge in [-0.15, -0.1) is 13.2 Å². The van der Waals surface area contributed by atoms with Crippen molar-refractivity contribution in [2.24, 2.45) is 0 Å². The average Bonchev–Trinajstić information content (AvgIpc) is 3.13. The lowest BCUT2D eigenvalue weighted by Gasteiger charge is -2.10. The first-order valence-corrected chi connectivity index (χ1v) is 9.30. The van der Waals surface area contributed by atoms with Gasteiger partial charge in [-0.1, -0.05) is 30.0 Å². The summed E-state index contributed by atoms with van der Waals surface area (Å²) in [4.78, 5) is 12.5. The van der Waals surface area contributed by atoms with Gasteiger partial charge in [0.05, 0.1) is 10.9 Å². The molecular formula is C23H15F3N4O2. The van der Waals surface area contributed by atoms with Gasteiger partial charge < -0.3 is 15.8 Å². The molecule has 0 aliphatic heterocycles. The highest BCUT2D eigenvalue weighted by atomic mass is 19.4. The van der Waals surface area contributed by atoms with Crippen molar-refractivity contribution in [3.63, 3.8) is 0 Å². The third-order valence-electron chi connectivity index (χ3n) is 4.41. The summed E-state index contributed by atoms with van der Waals surface area (Å²) in [5, 5.41) is 10.2. The summed E-state index contributed by atoms with van der Waals surface area (Å²) in [6, 6.07) is 17.1. The minimum Gasteiger partial charge on any atom is -0.406 e. The van der Waals surface area contributed by atoms with Crippen molar-refractivity contribution in [2.45, 2.75) is 6.36 Å². The van der Waals surface area contributed by atoms with Crippen LogP contribution < -0.4 is 15.8 Å². The lowest BCUT2D eigenvalue weighted by Crippen LogP contribution is -2.18. The van der Waals surface area contributed by atoms with Crippen LogP contribution in [0.3, 0.4) is 0 Å². The Morgan fingerprint density at radius 3 is 2.62 bits per heavy atom. The topological polar surface area (TPSA) is 93.0 Å². The SMILES string of the molecule is Nc1n[nH]c2cccc(C#Cc3cccc(NC(=O)c4cccc(OC(F)(F)F)c4)c3)c12. The van der Waals surface area contributed by atoms with E-state index in [1.165, 1.54) is 12.1 Å². The second kappa shape index (κ2) is 8.35. The normalized spacial score (nSPS) is 11.0. The first kappa shape index (κ1) is 20.8. The smallest absolute Gasteiger partial charge is 0.406 e. The molecule has 9 heteroatoms. The Hall–Kier alpha value is -4.45. The molecule has 160 valence electrons. The molecule has 0 spiro atoms. The lowest BCUT2D eigenvalue weighted by atomic mass is 10.1. The molecule has 0 radical (unpaired) electrons. The molecule has 4 N–H and O–H groups in total. The number of rotatable bonds is 3. The van der Waals surface area contributed by atoms with Crippen LogP contribution in [0.1, 0.15) is 21.5 Å². The maximum absolute atomic E-state index is 12.5. The summed E-state index contributed by atoms with van der Waals surface area (Å²) in [6.07, 6.45) is -4.84. The minimum atomic E-state index is -4.84. The van der Waals surface area contributed by atoms with Gasteiger partial charge in [0.2, 0.25) is 0 Å². The molecule has 32 heavy (non-hydrogen) atoms. The molecule has 1 heterocycles. The summed E-state index contributed by atoms with van der Waals surface area (Å²) in [5.74, 6) is 5.35. The molecule has 4 aromatic rings. The van der Waals surface area contributed by atoms with Crippen LogP contribution in [0.15, 0.2) is 66.7 Å². The van der Waals surface area contributed by atoms with Gasteiger partial charge in [-0.2, -0.15) is 5.10 Å². The number of alkyl halides is 3. The zero-order valence-corrected chi connectivity index (χ0v) is 16.3. The van der Waals surface area contributed by atoms with Crippen molar-refractivity contribution in [3.8, 4) is 17.6 Å². The van der Waals surface area contributed by atoms with Crippen LogP contribution in [0.4, 0.5) is 24.7 Å². The fourth-order valence-corrected chi connectivity index (χ4v) is 3.05. The average molecular weight is 436 g/mol. The molecule has 1 aromatic heterocycles. The fourth-order valence-electron chi connectivity index (χ4n) is 3.05. The Balaban J connectivity index is 1.53. The van der Waals surface area contributed by atoms with Crippen molar-refractivity contribution >= 4 is 28.3 Å². The molecule has 1 amide bonds. The molecule has 0 saturated carbocycles. The maximum atomic E-state index is 12.5. The Bertz CT molecular complexity index is 1370. The van der Waals surface area contributed by atoms with E-state index in [-0.39, 0.29) is 5.56 Å². The number of benzene rings is 3. The van der Waals surface area contributed by atoms with E-state index in [4.69, 9.17) is 5.73 Å². The molecule has 0 atom stereocenters. The quantitative estimate of drug-likeness (QED) is 0.406. The standard InChI is InChI=1S/C23H15F3N4O2/c24-23(25,26)32-18-8-2-6-16(13-18)22(31)28-17-7-1-4-14(12-17)10-11-15-5-3-9-19-20(15)21(27)30-29-19/h1-9,12-13H,(H,28,31)(H3,27,29,30). The molecule has 6 nitrogen and oxygen atoms in total. The van der Waals surface area contributed by atoms with Crippen molar-refractivity contribution in [3.05, 3.63) is 83.4 Å². The van der Waals surface area contributed by atoms with E-state index in [0.717, 1.165) is 23.0 Å². The molecule has 0 fully saturated rings. The maximum Gasteiger partial charge on any atom is 0.573 e. The summed E-state index contributed by atoms with van der Waals surface area (Å²) >= 11 is 0. The number of fused-ring (bicyclic) bond motifs is 1. The Morgan fingerprint density at radius 2 is 1.81 bits per heavy atom. The van der Waals surface area contributed by atoms with Gasteiger partial charge in [0, 0.05) is 22.4 Å². The van der Waals surface area contributed by atoms with Gasteiger partial charge in [-0.3, -0.25) is 9.89 Å². The van der Waals surface area contributed by atoms with Crippen LogP contribution in [0.5, 0.6) is 5.75 Å². The number of amides is 1. The summed E-state index contributed by atoms with van der Waals surface area (Å²) < 4.78 is 41.1. The number of carbonyl (C=O) groups excluding carboxylic acids is 1. The van der Waals surface area contributed by atoms with E-state index in [9.17, 15) is 18.0 Å². The molecule has 0 aliphatic carbocycles. The summed E-state index contributed by atoms with van der Waals surface area (Å²) in [6.45, 7) is 0. The number of ether oxygens (including phenoxy) is 1. The van der Waals surface area contributed by atoms with Crippen LogP contribution in [0.2, 0.25) is 0 Å². The molecule has 0 saturated heterocycles. The molecular weight excluding hydrogens is 421 g/mol. The number of aromatic amines is 1. The number of nitrogens with zero attached hydrogens (tertiary/aromatic N) is 1. The molecule has 0 bridgehead atoms. The number of hydrogen-bond acceptors (Lipinski definition) is 4.